The number of aliphatic carboxylic acids is 1. The van der Waals surface area contributed by atoms with Crippen LogP contribution in [0.4, 0.5) is 4.39 Å². The molecule has 0 amide bonds. The molecule has 1 aliphatic heterocycles. The first kappa shape index (κ1) is 17.9. The molecule has 132 valence electrons. The van der Waals surface area contributed by atoms with Gasteiger partial charge in [0.1, 0.15) is 17.6 Å². The first-order chi connectivity index (χ1) is 12.0. The molecule has 0 radical (unpaired) electrons. The van der Waals surface area contributed by atoms with Crippen molar-refractivity contribution in [2.75, 3.05) is 13.7 Å². The maximum Gasteiger partial charge on any atom is 0.320 e. The average Bonchev–Trinajstić information content (AvgIpc) is 3.07. The number of benzene rings is 2. The fourth-order valence-electron chi connectivity index (χ4n) is 3.48. The molecule has 1 N–H and O–H groups in total. The molecule has 1 heterocycles. The number of carbonyl (C=O) groups is 1. The Morgan fingerprint density at radius 3 is 2.68 bits per heavy atom. The van der Waals surface area contributed by atoms with Crippen molar-refractivity contribution >= 4 is 21.9 Å². The first-order valence-corrected chi connectivity index (χ1v) is 8.88. The van der Waals surface area contributed by atoms with Crippen molar-refractivity contribution in [3.8, 4) is 5.75 Å². The number of carboxylic acid groups (broad SMARTS) is 1. The fourth-order valence-corrected chi connectivity index (χ4v) is 3.74. The lowest BCUT2D eigenvalue weighted by molar-refractivity contribution is -0.142. The van der Waals surface area contributed by atoms with Gasteiger partial charge in [-0.25, -0.2) is 4.39 Å². The number of carboxylic acids is 1. The van der Waals surface area contributed by atoms with Crippen LogP contribution >= 0.6 is 15.9 Å². The monoisotopic (exact) mass is 407 g/mol. The molecular formula is C19H19BrFNO3. The van der Waals surface area contributed by atoms with E-state index in [0.717, 1.165) is 16.5 Å². The summed E-state index contributed by atoms with van der Waals surface area (Å²) >= 11 is 3.42. The van der Waals surface area contributed by atoms with Crippen molar-refractivity contribution in [1.29, 1.82) is 0 Å². The van der Waals surface area contributed by atoms with Crippen LogP contribution in [0.2, 0.25) is 0 Å². The van der Waals surface area contributed by atoms with Crippen molar-refractivity contribution in [3.05, 3.63) is 63.9 Å². The molecule has 4 nitrogen and oxygen atoms in total. The molecule has 0 spiro atoms. The number of hydrogen-bond acceptors (Lipinski definition) is 3. The largest absolute Gasteiger partial charge is 0.496 e. The van der Waals surface area contributed by atoms with E-state index in [1.807, 2.05) is 29.2 Å². The van der Waals surface area contributed by atoms with E-state index in [4.69, 9.17) is 4.74 Å². The van der Waals surface area contributed by atoms with Crippen molar-refractivity contribution in [1.82, 2.24) is 4.90 Å². The Kier molecular flexibility index (Phi) is 5.39. The third-order valence-corrected chi connectivity index (χ3v) is 5.11. The molecule has 0 aromatic heterocycles. The van der Waals surface area contributed by atoms with Gasteiger partial charge >= 0.3 is 5.97 Å². The Hall–Kier alpha value is -1.92. The lowest BCUT2D eigenvalue weighted by atomic mass is 9.95. The topological polar surface area (TPSA) is 49.8 Å². The van der Waals surface area contributed by atoms with Gasteiger partial charge in [-0.1, -0.05) is 28.1 Å². The summed E-state index contributed by atoms with van der Waals surface area (Å²) in [6.07, 6.45) is 1.38. The molecule has 1 saturated heterocycles. The minimum atomic E-state index is -0.852. The van der Waals surface area contributed by atoms with Gasteiger partial charge in [-0.05, 0) is 48.7 Å². The van der Waals surface area contributed by atoms with Gasteiger partial charge < -0.3 is 9.84 Å². The minimum Gasteiger partial charge on any atom is -0.496 e. The summed E-state index contributed by atoms with van der Waals surface area (Å²) in [6.45, 7) is 0.636. The van der Waals surface area contributed by atoms with E-state index in [1.54, 1.807) is 6.07 Å². The van der Waals surface area contributed by atoms with Crippen LogP contribution in [-0.4, -0.2) is 35.7 Å². The molecule has 0 aliphatic carbocycles. The number of hydrogen-bond donors (Lipinski definition) is 1. The second-order valence-corrected chi connectivity index (χ2v) is 6.99. The van der Waals surface area contributed by atoms with Crippen molar-refractivity contribution < 1.29 is 19.0 Å². The summed E-state index contributed by atoms with van der Waals surface area (Å²) in [5, 5.41) is 9.60. The van der Waals surface area contributed by atoms with Gasteiger partial charge in [-0.15, -0.1) is 0 Å². The smallest absolute Gasteiger partial charge is 0.320 e. The number of rotatable bonds is 5. The Labute approximate surface area is 154 Å². The highest BCUT2D eigenvalue weighted by Gasteiger charge is 2.38. The predicted molar refractivity (Wildman–Crippen MR) is 96.3 cm³/mol. The van der Waals surface area contributed by atoms with Crippen LogP contribution in [0.3, 0.4) is 0 Å². The third kappa shape index (κ3) is 3.70. The van der Waals surface area contributed by atoms with Crippen LogP contribution in [0, 0.1) is 5.82 Å². The summed E-state index contributed by atoms with van der Waals surface area (Å²) in [7, 11) is 1.54. The fraction of sp³-hybridized carbons (Fsp3) is 0.316. The van der Waals surface area contributed by atoms with Gasteiger partial charge in [-0.3, -0.25) is 9.69 Å². The Bertz CT molecular complexity index is 766. The molecule has 1 fully saturated rings. The lowest BCUT2D eigenvalue weighted by Crippen LogP contribution is -2.39. The zero-order chi connectivity index (χ0) is 18.0. The van der Waals surface area contributed by atoms with Crippen LogP contribution in [0.1, 0.15) is 30.0 Å². The van der Waals surface area contributed by atoms with Crippen LogP contribution in [0.15, 0.2) is 46.9 Å². The highest BCUT2D eigenvalue weighted by atomic mass is 79.9. The van der Waals surface area contributed by atoms with Crippen LogP contribution in [0.5, 0.6) is 5.75 Å². The molecule has 6 heteroatoms. The molecule has 2 atom stereocenters. The normalized spacial score (nSPS) is 18.9. The maximum absolute atomic E-state index is 14.0. The van der Waals surface area contributed by atoms with E-state index in [-0.39, 0.29) is 11.9 Å². The summed E-state index contributed by atoms with van der Waals surface area (Å²) in [6, 6.07) is 11.0. The molecule has 2 aromatic carbocycles. The standard InChI is InChI=1S/C19H19BrFNO3/c1-25-17-9-8-14(21)11-15(17)18(12-4-6-13(20)7-5-12)22-10-2-3-16(22)19(23)24/h4-9,11,16,18H,2-3,10H2,1H3,(H,23,24). The van der Waals surface area contributed by atoms with Gasteiger partial charge in [0.25, 0.3) is 0 Å². The molecule has 0 saturated carbocycles. The number of likely N-dealkylation sites (tertiary alicyclic amines) is 1. The van der Waals surface area contributed by atoms with Gasteiger partial charge in [0.15, 0.2) is 0 Å². The molecule has 2 aromatic rings. The minimum absolute atomic E-state index is 0.371. The molecular weight excluding hydrogens is 389 g/mol. The second kappa shape index (κ2) is 7.54. The Balaban J connectivity index is 2.14. The van der Waals surface area contributed by atoms with E-state index < -0.39 is 12.0 Å². The molecule has 3 rings (SSSR count). The molecule has 0 bridgehead atoms. The van der Waals surface area contributed by atoms with Gasteiger partial charge in [0, 0.05) is 16.6 Å². The highest BCUT2D eigenvalue weighted by Crippen LogP contribution is 2.39. The summed E-state index contributed by atoms with van der Waals surface area (Å²) in [5.74, 6) is -0.677. The van der Waals surface area contributed by atoms with Crippen molar-refractivity contribution in [2.24, 2.45) is 0 Å². The number of methoxy groups -OCH3 is 1. The summed E-state index contributed by atoms with van der Waals surface area (Å²) in [5.41, 5.74) is 1.54. The number of nitrogens with zero attached hydrogens (tertiary/aromatic N) is 1. The SMILES string of the molecule is COc1ccc(F)cc1C(c1ccc(Br)cc1)N1CCCC1C(=O)O. The van der Waals surface area contributed by atoms with E-state index in [9.17, 15) is 14.3 Å². The van der Waals surface area contributed by atoms with E-state index in [0.29, 0.717) is 24.3 Å². The lowest BCUT2D eigenvalue weighted by Gasteiger charge is -2.32. The Morgan fingerprint density at radius 2 is 2.04 bits per heavy atom. The van der Waals surface area contributed by atoms with Gasteiger partial charge in [-0.2, -0.15) is 0 Å². The van der Waals surface area contributed by atoms with E-state index in [1.165, 1.54) is 19.2 Å². The van der Waals surface area contributed by atoms with Crippen molar-refractivity contribution in [3.63, 3.8) is 0 Å². The van der Waals surface area contributed by atoms with Gasteiger partial charge in [0.2, 0.25) is 0 Å². The highest BCUT2D eigenvalue weighted by molar-refractivity contribution is 9.10. The van der Waals surface area contributed by atoms with Crippen LogP contribution in [-0.2, 0) is 4.79 Å². The summed E-state index contributed by atoms with van der Waals surface area (Å²) < 4.78 is 20.3. The molecule has 2 unspecified atom stereocenters. The zero-order valence-electron chi connectivity index (χ0n) is 13.8. The molecule has 25 heavy (non-hydrogen) atoms. The quantitative estimate of drug-likeness (QED) is 0.805. The van der Waals surface area contributed by atoms with E-state index in [2.05, 4.69) is 15.9 Å². The second-order valence-electron chi connectivity index (χ2n) is 6.07. The van der Waals surface area contributed by atoms with Crippen molar-refractivity contribution in [2.45, 2.75) is 24.9 Å². The zero-order valence-corrected chi connectivity index (χ0v) is 15.4. The molecule has 1 aliphatic rings. The first-order valence-electron chi connectivity index (χ1n) is 8.08. The maximum atomic E-state index is 14.0. The van der Waals surface area contributed by atoms with Gasteiger partial charge in [0.05, 0.1) is 13.2 Å². The van der Waals surface area contributed by atoms with E-state index >= 15 is 0 Å². The number of halogens is 2. The van der Waals surface area contributed by atoms with Crippen LogP contribution in [0.25, 0.3) is 0 Å². The third-order valence-electron chi connectivity index (χ3n) is 4.58. The average molecular weight is 408 g/mol. The predicted octanol–water partition coefficient (Wildman–Crippen LogP) is 4.24. The van der Waals surface area contributed by atoms with Crippen LogP contribution < -0.4 is 4.74 Å². The number of ether oxygens (including phenoxy) is 1. The summed E-state index contributed by atoms with van der Waals surface area (Å²) in [4.78, 5) is 13.6. The Morgan fingerprint density at radius 1 is 1.32 bits per heavy atom.